The second kappa shape index (κ2) is 7.98. The Bertz CT molecular complexity index is 557. The zero-order chi connectivity index (χ0) is 17.0. The van der Waals surface area contributed by atoms with E-state index in [0.29, 0.717) is 5.92 Å². The van der Waals surface area contributed by atoms with Gasteiger partial charge in [0.05, 0.1) is 12.0 Å². The van der Waals surface area contributed by atoms with E-state index in [1.165, 1.54) is 0 Å². The van der Waals surface area contributed by atoms with Crippen LogP contribution in [0.15, 0.2) is 28.7 Å². The summed E-state index contributed by atoms with van der Waals surface area (Å²) in [5.74, 6) is 0.777. The van der Waals surface area contributed by atoms with Crippen molar-refractivity contribution in [3.63, 3.8) is 0 Å². The summed E-state index contributed by atoms with van der Waals surface area (Å²) in [6.45, 7) is 4.74. The molecule has 0 aromatic heterocycles. The fraction of sp³-hybridized carbons (Fsp3) is 0.632. The van der Waals surface area contributed by atoms with Gasteiger partial charge in [0.15, 0.2) is 0 Å². The summed E-state index contributed by atoms with van der Waals surface area (Å²) in [5.41, 5.74) is 0.859. The summed E-state index contributed by atoms with van der Waals surface area (Å²) < 4.78 is 6.21. The lowest BCUT2D eigenvalue weighted by atomic mass is 9.64. The normalized spacial score (nSPS) is 23.0. The third-order valence-electron chi connectivity index (χ3n) is 5.57. The van der Waals surface area contributed by atoms with Crippen molar-refractivity contribution < 1.29 is 9.53 Å². The molecule has 132 valence electrons. The maximum absolute atomic E-state index is 12.9. The summed E-state index contributed by atoms with van der Waals surface area (Å²) >= 11 is 3.47. The maximum atomic E-state index is 12.9. The van der Waals surface area contributed by atoms with Gasteiger partial charge in [-0.05, 0) is 49.4 Å². The van der Waals surface area contributed by atoms with Crippen LogP contribution in [0.2, 0.25) is 0 Å². The molecule has 0 spiro atoms. The number of nitrogens with zero attached hydrogens (tertiary/aromatic N) is 1. The third-order valence-corrected chi connectivity index (χ3v) is 6.10. The fourth-order valence-electron chi connectivity index (χ4n) is 3.86. The Balaban J connectivity index is 1.53. The summed E-state index contributed by atoms with van der Waals surface area (Å²) in [6.07, 6.45) is 4.23. The van der Waals surface area contributed by atoms with Crippen molar-refractivity contribution >= 4 is 21.8 Å². The first-order valence-electron chi connectivity index (χ1n) is 8.90. The highest BCUT2D eigenvalue weighted by atomic mass is 79.9. The van der Waals surface area contributed by atoms with Gasteiger partial charge in [0.1, 0.15) is 0 Å². The van der Waals surface area contributed by atoms with Crippen LogP contribution < -0.4 is 5.32 Å². The number of halogens is 1. The predicted molar refractivity (Wildman–Crippen MR) is 99.1 cm³/mol. The lowest BCUT2D eigenvalue weighted by Gasteiger charge is -2.41. The van der Waals surface area contributed by atoms with Gasteiger partial charge >= 0.3 is 0 Å². The molecule has 1 heterocycles. The molecule has 1 aliphatic heterocycles. The van der Waals surface area contributed by atoms with Crippen LogP contribution in [0.3, 0.4) is 0 Å². The predicted octanol–water partition coefficient (Wildman–Crippen LogP) is 2.96. The van der Waals surface area contributed by atoms with Crippen LogP contribution >= 0.6 is 15.9 Å². The van der Waals surface area contributed by atoms with Gasteiger partial charge in [-0.2, -0.15) is 0 Å². The Hall–Kier alpha value is -0.910. The van der Waals surface area contributed by atoms with E-state index < -0.39 is 0 Å². The molecule has 1 unspecified atom stereocenters. The molecule has 1 N–H and O–H groups in total. The van der Waals surface area contributed by atoms with Crippen LogP contribution in [0.25, 0.3) is 0 Å². The topological polar surface area (TPSA) is 41.6 Å². The van der Waals surface area contributed by atoms with Crippen LogP contribution in [0, 0.1) is 5.92 Å². The van der Waals surface area contributed by atoms with Gasteiger partial charge in [-0.25, -0.2) is 0 Å². The Labute approximate surface area is 153 Å². The van der Waals surface area contributed by atoms with Crippen molar-refractivity contribution in [2.75, 3.05) is 39.9 Å². The number of carbonyl (C=O) groups is 1. The van der Waals surface area contributed by atoms with E-state index in [1.807, 2.05) is 12.1 Å². The van der Waals surface area contributed by atoms with Crippen LogP contribution in [-0.2, 0) is 14.9 Å². The number of hydrogen-bond donors (Lipinski definition) is 1. The Morgan fingerprint density at radius 1 is 1.38 bits per heavy atom. The number of hydrogen-bond acceptors (Lipinski definition) is 3. The quantitative estimate of drug-likeness (QED) is 0.772. The number of rotatable bonds is 7. The lowest BCUT2D eigenvalue weighted by Crippen LogP contribution is -2.50. The second-order valence-electron chi connectivity index (χ2n) is 7.10. The minimum absolute atomic E-state index is 0.214. The summed E-state index contributed by atoms with van der Waals surface area (Å²) in [6, 6.07) is 8.25. The van der Waals surface area contributed by atoms with Crippen molar-refractivity contribution in [1.29, 1.82) is 0 Å². The average molecular weight is 395 g/mol. The largest absolute Gasteiger partial charge is 0.383 e. The van der Waals surface area contributed by atoms with E-state index in [4.69, 9.17) is 4.74 Å². The average Bonchev–Trinajstić information content (AvgIpc) is 2.99. The summed E-state index contributed by atoms with van der Waals surface area (Å²) in [7, 11) is 1.74. The van der Waals surface area contributed by atoms with E-state index in [2.05, 4.69) is 38.3 Å². The zero-order valence-corrected chi connectivity index (χ0v) is 16.0. The van der Waals surface area contributed by atoms with Gasteiger partial charge in [-0.1, -0.05) is 34.5 Å². The molecule has 2 fully saturated rings. The maximum Gasteiger partial charge on any atom is 0.230 e. The molecule has 1 atom stereocenters. The number of amides is 1. The Morgan fingerprint density at radius 2 is 2.12 bits per heavy atom. The Kier molecular flexibility index (Phi) is 5.95. The molecule has 5 heteroatoms. The molecule has 1 aliphatic carbocycles. The SMILES string of the molecule is COCCN1CCC(CNC(=O)C2(c3ccc(Br)cc3)CCC2)C1. The molecule has 0 bridgehead atoms. The van der Waals surface area contributed by atoms with Gasteiger partial charge < -0.3 is 15.0 Å². The van der Waals surface area contributed by atoms with Crippen LogP contribution in [0.5, 0.6) is 0 Å². The molecule has 1 saturated heterocycles. The number of ether oxygens (including phenoxy) is 1. The Morgan fingerprint density at radius 3 is 2.75 bits per heavy atom. The van der Waals surface area contributed by atoms with Crippen molar-refractivity contribution in [1.82, 2.24) is 10.2 Å². The molecule has 3 rings (SSSR count). The molecule has 1 aromatic carbocycles. The molecule has 0 radical (unpaired) electrons. The van der Waals surface area contributed by atoms with E-state index in [-0.39, 0.29) is 11.3 Å². The lowest BCUT2D eigenvalue weighted by molar-refractivity contribution is -0.130. The summed E-state index contributed by atoms with van der Waals surface area (Å²) in [4.78, 5) is 15.3. The highest BCUT2D eigenvalue weighted by Gasteiger charge is 2.45. The third kappa shape index (κ3) is 3.84. The van der Waals surface area contributed by atoms with Gasteiger partial charge in [0, 0.05) is 31.2 Å². The number of methoxy groups -OCH3 is 1. The number of benzene rings is 1. The number of carbonyl (C=O) groups excluding carboxylic acids is 1. The molecule has 1 amide bonds. The first-order valence-corrected chi connectivity index (χ1v) is 9.69. The van der Waals surface area contributed by atoms with Crippen LogP contribution in [-0.4, -0.2) is 50.7 Å². The van der Waals surface area contributed by atoms with E-state index >= 15 is 0 Å². The van der Waals surface area contributed by atoms with Crippen LogP contribution in [0.4, 0.5) is 0 Å². The van der Waals surface area contributed by atoms with Crippen molar-refractivity contribution in [2.24, 2.45) is 5.92 Å². The summed E-state index contributed by atoms with van der Waals surface area (Å²) in [5, 5.41) is 3.25. The minimum atomic E-state index is -0.297. The first-order chi connectivity index (χ1) is 11.6. The molecular weight excluding hydrogens is 368 g/mol. The standard InChI is InChI=1S/C19H27BrN2O2/c1-24-12-11-22-10-7-15(14-22)13-21-18(23)19(8-2-9-19)16-3-5-17(20)6-4-16/h3-6,15H,2,7-14H2,1H3,(H,21,23). The van der Waals surface area contributed by atoms with Gasteiger partial charge in [-0.15, -0.1) is 0 Å². The monoisotopic (exact) mass is 394 g/mol. The van der Waals surface area contributed by atoms with Crippen LogP contribution in [0.1, 0.15) is 31.2 Å². The number of likely N-dealkylation sites (tertiary alicyclic amines) is 1. The molecule has 1 saturated carbocycles. The zero-order valence-electron chi connectivity index (χ0n) is 14.4. The van der Waals surface area contributed by atoms with E-state index in [0.717, 1.165) is 68.5 Å². The molecule has 4 nitrogen and oxygen atoms in total. The highest BCUT2D eigenvalue weighted by Crippen LogP contribution is 2.44. The molecular formula is C19H27BrN2O2. The number of nitrogens with one attached hydrogen (secondary N) is 1. The van der Waals surface area contributed by atoms with Crippen molar-refractivity contribution in [3.8, 4) is 0 Å². The molecule has 1 aromatic rings. The molecule has 24 heavy (non-hydrogen) atoms. The van der Waals surface area contributed by atoms with Gasteiger partial charge in [-0.3, -0.25) is 4.79 Å². The van der Waals surface area contributed by atoms with Gasteiger partial charge in [0.25, 0.3) is 0 Å². The second-order valence-corrected chi connectivity index (χ2v) is 8.02. The smallest absolute Gasteiger partial charge is 0.230 e. The highest BCUT2D eigenvalue weighted by molar-refractivity contribution is 9.10. The van der Waals surface area contributed by atoms with E-state index in [1.54, 1.807) is 7.11 Å². The van der Waals surface area contributed by atoms with Crippen molar-refractivity contribution in [3.05, 3.63) is 34.3 Å². The van der Waals surface area contributed by atoms with Crippen molar-refractivity contribution in [2.45, 2.75) is 31.1 Å². The first kappa shape index (κ1) is 17.9. The minimum Gasteiger partial charge on any atom is -0.383 e. The molecule has 2 aliphatic rings. The van der Waals surface area contributed by atoms with E-state index in [9.17, 15) is 4.79 Å². The fourth-order valence-corrected chi connectivity index (χ4v) is 4.12. The van der Waals surface area contributed by atoms with Gasteiger partial charge in [0.2, 0.25) is 5.91 Å².